The number of allylic oxidation sites excluding steroid dienone is 1. The predicted octanol–water partition coefficient (Wildman–Crippen LogP) is 4.14. The van der Waals surface area contributed by atoms with Gasteiger partial charge in [-0.1, -0.05) is 23.7 Å². The summed E-state index contributed by atoms with van der Waals surface area (Å²) in [5.41, 5.74) is 3.39. The van der Waals surface area contributed by atoms with E-state index in [2.05, 4.69) is 32.5 Å². The quantitative estimate of drug-likeness (QED) is 0.578. The molecule has 2 unspecified atom stereocenters. The molecule has 2 N–H and O–H groups in total. The molecule has 6 fully saturated rings. The number of nitrogens with one attached hydrogen (secondary N) is 1. The molecule has 212 valence electrons. The monoisotopic (exact) mass is 544 g/mol. The van der Waals surface area contributed by atoms with E-state index in [1.54, 1.807) is 0 Å². The van der Waals surface area contributed by atoms with Gasteiger partial charge in [0.2, 0.25) is 0 Å². The maximum absolute atomic E-state index is 13.4. The van der Waals surface area contributed by atoms with E-state index in [1.807, 2.05) is 11.1 Å². The Bertz CT molecular complexity index is 1310. The number of hydrogen-bond acceptors (Lipinski definition) is 8. The number of hydrogen-bond donors (Lipinski definition) is 2. The second-order valence-electron chi connectivity index (χ2n) is 13.4. The van der Waals surface area contributed by atoms with Crippen molar-refractivity contribution < 1.29 is 14.4 Å². The van der Waals surface area contributed by atoms with Crippen LogP contribution in [0.15, 0.2) is 16.8 Å². The fraction of sp³-hybridized carbons (Fsp3) is 0.677. The summed E-state index contributed by atoms with van der Waals surface area (Å²) in [7, 11) is 0. The topological polar surface area (TPSA) is 108 Å². The standard InChI is InChI=1S/C31H40N6O3/c38-30(37-11-7-22(8-12-37)36-9-2-1-3-10-36)28-34-29(40-35-28)24-18-32-25-6-4-5-23(25)27(24)33-26-20-13-19-14-21(26)17-31(39,15-19)16-20/h4-5,18-22,26,39H,1-3,6-17H2,(H,32,33). The first kappa shape index (κ1) is 25.0. The van der Waals surface area contributed by atoms with E-state index in [0.29, 0.717) is 35.7 Å². The highest BCUT2D eigenvalue weighted by molar-refractivity contribution is 5.91. The van der Waals surface area contributed by atoms with Gasteiger partial charge in [-0.05, 0) is 88.6 Å². The van der Waals surface area contributed by atoms with Crippen LogP contribution in [0.4, 0.5) is 5.69 Å². The average molecular weight is 545 g/mol. The maximum Gasteiger partial charge on any atom is 0.295 e. The SMILES string of the molecule is O=C(c1noc(-c2cnc3c(c2NC2C4CC5CC2CC(O)(C5)C4)C=CC3)n1)N1CCC(N2CCCCC2)CC1. The first-order valence-electron chi connectivity index (χ1n) is 15.6. The van der Waals surface area contributed by atoms with Crippen LogP contribution < -0.4 is 5.32 Å². The number of pyridine rings is 1. The summed E-state index contributed by atoms with van der Waals surface area (Å²) in [5.74, 6) is 1.90. The van der Waals surface area contributed by atoms with Crippen molar-refractivity contribution in [1.29, 1.82) is 0 Å². The number of aliphatic hydroxyl groups is 1. The minimum absolute atomic E-state index is 0.130. The van der Waals surface area contributed by atoms with Gasteiger partial charge in [-0.2, -0.15) is 4.98 Å². The summed E-state index contributed by atoms with van der Waals surface area (Å²) in [6.07, 6.45) is 17.9. The van der Waals surface area contributed by atoms with Crippen LogP contribution in [0.1, 0.15) is 86.1 Å². The Morgan fingerprint density at radius 1 is 1.05 bits per heavy atom. The van der Waals surface area contributed by atoms with Gasteiger partial charge in [0, 0.05) is 43.4 Å². The third kappa shape index (κ3) is 4.28. The number of piperidine rings is 2. The van der Waals surface area contributed by atoms with Crippen molar-refractivity contribution in [3.8, 4) is 11.5 Å². The van der Waals surface area contributed by atoms with Gasteiger partial charge in [0.25, 0.3) is 17.6 Å². The van der Waals surface area contributed by atoms with Gasteiger partial charge >= 0.3 is 0 Å². The number of carbonyl (C=O) groups excluding carboxylic acids is 1. The van der Waals surface area contributed by atoms with Crippen molar-refractivity contribution in [2.24, 2.45) is 17.8 Å². The number of amides is 1. The summed E-state index contributed by atoms with van der Waals surface area (Å²) in [4.78, 5) is 27.2. The van der Waals surface area contributed by atoms with Gasteiger partial charge in [-0.15, -0.1) is 0 Å². The minimum atomic E-state index is -0.471. The zero-order chi connectivity index (χ0) is 26.8. The maximum atomic E-state index is 13.4. The van der Waals surface area contributed by atoms with Crippen molar-refractivity contribution in [2.45, 2.75) is 88.3 Å². The second kappa shape index (κ2) is 9.65. The van der Waals surface area contributed by atoms with E-state index in [-0.39, 0.29) is 11.7 Å². The van der Waals surface area contributed by atoms with E-state index >= 15 is 0 Å². The molecular weight excluding hydrogens is 504 g/mol. The molecule has 2 saturated heterocycles. The van der Waals surface area contributed by atoms with Gasteiger partial charge in [0.05, 0.1) is 22.5 Å². The van der Waals surface area contributed by atoms with Crippen molar-refractivity contribution >= 4 is 17.7 Å². The van der Waals surface area contributed by atoms with Crippen LogP contribution in [0.5, 0.6) is 0 Å². The molecule has 9 nitrogen and oxygen atoms in total. The Morgan fingerprint density at radius 3 is 2.58 bits per heavy atom. The zero-order valence-electron chi connectivity index (χ0n) is 23.2. The van der Waals surface area contributed by atoms with Crippen LogP contribution in [-0.2, 0) is 6.42 Å². The van der Waals surface area contributed by atoms with E-state index in [4.69, 9.17) is 9.51 Å². The number of likely N-dealkylation sites (tertiary alicyclic amines) is 2. The molecule has 40 heavy (non-hydrogen) atoms. The third-order valence-electron chi connectivity index (χ3n) is 10.9. The Balaban J connectivity index is 1.02. The molecule has 2 atom stereocenters. The Labute approximate surface area is 235 Å². The van der Waals surface area contributed by atoms with E-state index in [0.717, 1.165) is 74.1 Å². The van der Waals surface area contributed by atoms with Gasteiger partial charge in [-0.3, -0.25) is 9.78 Å². The number of nitrogens with zero attached hydrogens (tertiary/aromatic N) is 5. The zero-order valence-corrected chi connectivity index (χ0v) is 23.2. The predicted molar refractivity (Wildman–Crippen MR) is 151 cm³/mol. The van der Waals surface area contributed by atoms with Crippen molar-refractivity contribution in [2.75, 3.05) is 31.5 Å². The van der Waals surface area contributed by atoms with Crippen LogP contribution in [0, 0.1) is 17.8 Å². The molecule has 9 heteroatoms. The highest BCUT2D eigenvalue weighted by atomic mass is 16.5. The van der Waals surface area contributed by atoms with Crippen molar-refractivity contribution in [1.82, 2.24) is 24.9 Å². The average Bonchev–Trinajstić information content (AvgIpc) is 3.65. The molecule has 2 aromatic rings. The Kier molecular flexibility index (Phi) is 6.03. The molecule has 9 rings (SSSR count). The molecule has 0 aromatic carbocycles. The number of rotatable bonds is 5. The molecule has 1 amide bonds. The summed E-state index contributed by atoms with van der Waals surface area (Å²) in [6, 6.07) is 0.886. The fourth-order valence-corrected chi connectivity index (χ4v) is 9.18. The summed E-state index contributed by atoms with van der Waals surface area (Å²) < 4.78 is 5.74. The fourth-order valence-electron chi connectivity index (χ4n) is 9.18. The lowest BCUT2D eigenvalue weighted by atomic mass is 9.52. The molecule has 2 aromatic heterocycles. The summed E-state index contributed by atoms with van der Waals surface area (Å²) in [6.45, 7) is 3.85. The minimum Gasteiger partial charge on any atom is -0.390 e. The first-order valence-corrected chi connectivity index (χ1v) is 15.6. The molecule has 4 bridgehead atoms. The summed E-state index contributed by atoms with van der Waals surface area (Å²) >= 11 is 0. The van der Waals surface area contributed by atoms with Crippen molar-refractivity contribution in [3.05, 3.63) is 29.4 Å². The highest BCUT2D eigenvalue weighted by Gasteiger charge is 2.55. The van der Waals surface area contributed by atoms with E-state index in [1.165, 1.54) is 45.2 Å². The lowest BCUT2D eigenvalue weighted by Gasteiger charge is -2.58. The largest absolute Gasteiger partial charge is 0.390 e. The second-order valence-corrected chi connectivity index (χ2v) is 13.4. The van der Waals surface area contributed by atoms with E-state index in [9.17, 15) is 9.90 Å². The number of anilines is 1. The van der Waals surface area contributed by atoms with Gasteiger partial charge in [0.15, 0.2) is 0 Å². The Morgan fingerprint density at radius 2 is 1.82 bits per heavy atom. The molecule has 0 radical (unpaired) electrons. The Hall–Kier alpha value is -2.78. The molecule has 4 heterocycles. The lowest BCUT2D eigenvalue weighted by molar-refractivity contribution is -0.129. The normalized spacial score (nSPS) is 33.5. The molecule has 7 aliphatic rings. The van der Waals surface area contributed by atoms with Crippen molar-refractivity contribution in [3.63, 3.8) is 0 Å². The molecule has 4 saturated carbocycles. The number of aromatic nitrogens is 3. The van der Waals surface area contributed by atoms with Gasteiger partial charge in [0.1, 0.15) is 0 Å². The summed E-state index contributed by atoms with van der Waals surface area (Å²) in [5, 5.41) is 19.2. The third-order valence-corrected chi connectivity index (χ3v) is 10.9. The number of fused-ring (bicyclic) bond motifs is 1. The molecule has 0 spiro atoms. The van der Waals surface area contributed by atoms with Gasteiger partial charge < -0.3 is 24.7 Å². The number of carbonyl (C=O) groups is 1. The lowest BCUT2D eigenvalue weighted by Crippen LogP contribution is -2.59. The van der Waals surface area contributed by atoms with E-state index < -0.39 is 5.60 Å². The van der Waals surface area contributed by atoms with Gasteiger partial charge in [-0.25, -0.2) is 0 Å². The smallest absolute Gasteiger partial charge is 0.295 e. The first-order chi connectivity index (χ1) is 19.5. The van der Waals surface area contributed by atoms with Crippen LogP contribution in [0.25, 0.3) is 17.5 Å². The van der Waals surface area contributed by atoms with Crippen LogP contribution >= 0.6 is 0 Å². The molecule has 5 aliphatic carbocycles. The molecular formula is C31H40N6O3. The van der Waals surface area contributed by atoms with Crippen LogP contribution in [0.2, 0.25) is 0 Å². The molecule has 2 aliphatic heterocycles. The van der Waals surface area contributed by atoms with Crippen LogP contribution in [-0.4, -0.2) is 79.8 Å². The highest BCUT2D eigenvalue weighted by Crippen LogP contribution is 2.56. The van der Waals surface area contributed by atoms with Crippen LogP contribution in [0.3, 0.4) is 0 Å².